The molecule has 3 heteroatoms. The van der Waals surface area contributed by atoms with Gasteiger partial charge in [-0.05, 0) is 77.7 Å². The number of hydrogen-bond donors (Lipinski definition) is 0. The second kappa shape index (κ2) is 10.0. The minimum Gasteiger partial charge on any atom is -0.333 e. The number of anilines is 2. The second-order valence-electron chi connectivity index (χ2n) is 12.4. The van der Waals surface area contributed by atoms with Crippen LogP contribution in [-0.2, 0) is 0 Å². The molecule has 6 aromatic carbocycles. The van der Waals surface area contributed by atoms with Crippen molar-refractivity contribution < 1.29 is 0 Å². The Bertz CT molecular complexity index is 2350. The van der Waals surface area contributed by atoms with Gasteiger partial charge in [-0.25, -0.2) is 4.98 Å². The van der Waals surface area contributed by atoms with E-state index in [1.54, 1.807) is 0 Å². The lowest BCUT2D eigenvalue weighted by atomic mass is 9.89. The number of rotatable bonds is 3. The van der Waals surface area contributed by atoms with E-state index in [-0.39, 0.29) is 6.04 Å². The maximum Gasteiger partial charge on any atom is 0.0979 e. The standard InChI is InChI=1S/C42H31N3/c1-26-12-19-32-33-20-13-27(2)23-37(33)42-41(36(32)22-26)43-25-38(44-42)29-16-14-28(15-17-29)30-18-21-40-35(24-30)34-10-6-7-11-39(34)45(40)31-8-4-3-5-9-31/h3-25,34,39H,1-2H3. The van der Waals surface area contributed by atoms with Crippen LogP contribution < -0.4 is 4.90 Å². The highest BCUT2D eigenvalue weighted by atomic mass is 15.2. The van der Waals surface area contributed by atoms with Crippen molar-refractivity contribution in [2.45, 2.75) is 25.8 Å². The van der Waals surface area contributed by atoms with Crippen LogP contribution >= 0.6 is 0 Å². The Balaban J connectivity index is 1.11. The van der Waals surface area contributed by atoms with Crippen LogP contribution in [0.1, 0.15) is 22.6 Å². The van der Waals surface area contributed by atoms with E-state index in [0.717, 1.165) is 33.1 Å². The molecule has 2 unspecified atom stereocenters. The van der Waals surface area contributed by atoms with Crippen LogP contribution in [0.25, 0.3) is 55.0 Å². The predicted molar refractivity (Wildman–Crippen MR) is 188 cm³/mol. The van der Waals surface area contributed by atoms with Crippen molar-refractivity contribution in [3.8, 4) is 22.4 Å². The average Bonchev–Trinajstić information content (AvgIpc) is 3.42. The number of aryl methyl sites for hydroxylation is 2. The molecule has 9 rings (SSSR count). The summed E-state index contributed by atoms with van der Waals surface area (Å²) in [7, 11) is 0. The maximum absolute atomic E-state index is 5.24. The summed E-state index contributed by atoms with van der Waals surface area (Å²) in [5, 5.41) is 4.75. The number of para-hydroxylation sites is 1. The fraction of sp³-hybridized carbons (Fsp3) is 0.0952. The van der Waals surface area contributed by atoms with Crippen LogP contribution in [0.15, 0.2) is 140 Å². The fourth-order valence-electron chi connectivity index (χ4n) is 7.33. The molecule has 0 N–H and O–H groups in total. The van der Waals surface area contributed by atoms with Gasteiger partial charge in [0.1, 0.15) is 0 Å². The molecule has 0 amide bonds. The van der Waals surface area contributed by atoms with E-state index in [0.29, 0.717) is 5.92 Å². The molecule has 7 aromatic rings. The van der Waals surface area contributed by atoms with Crippen LogP contribution in [0.2, 0.25) is 0 Å². The highest BCUT2D eigenvalue weighted by Crippen LogP contribution is 2.48. The van der Waals surface area contributed by atoms with Crippen molar-refractivity contribution in [2.24, 2.45) is 0 Å². The molecule has 1 aliphatic carbocycles. The van der Waals surface area contributed by atoms with Gasteiger partial charge < -0.3 is 4.90 Å². The van der Waals surface area contributed by atoms with Crippen LogP contribution in [0.5, 0.6) is 0 Å². The van der Waals surface area contributed by atoms with Crippen molar-refractivity contribution in [1.29, 1.82) is 0 Å². The van der Waals surface area contributed by atoms with E-state index in [1.165, 1.54) is 50.0 Å². The Morgan fingerprint density at radius 1 is 0.578 bits per heavy atom. The molecule has 3 nitrogen and oxygen atoms in total. The quantitative estimate of drug-likeness (QED) is 0.196. The Labute approximate surface area is 262 Å². The number of hydrogen-bond acceptors (Lipinski definition) is 3. The van der Waals surface area contributed by atoms with Crippen molar-refractivity contribution in [1.82, 2.24) is 9.97 Å². The number of nitrogens with zero attached hydrogens (tertiary/aromatic N) is 3. The average molecular weight is 578 g/mol. The van der Waals surface area contributed by atoms with E-state index < -0.39 is 0 Å². The van der Waals surface area contributed by atoms with Gasteiger partial charge in [0.05, 0.1) is 29.0 Å². The summed E-state index contributed by atoms with van der Waals surface area (Å²) in [6.45, 7) is 4.27. The SMILES string of the molecule is Cc1ccc2c3ccc(C)cc3c3nc(-c4ccc(-c5ccc6c(c5)C5C=CC=CC5N6c5ccccc5)cc4)cnc3c2c1. The highest BCUT2D eigenvalue weighted by molar-refractivity contribution is 6.23. The summed E-state index contributed by atoms with van der Waals surface area (Å²) >= 11 is 0. The molecule has 0 fully saturated rings. The van der Waals surface area contributed by atoms with Gasteiger partial charge in [0.25, 0.3) is 0 Å². The number of aromatic nitrogens is 2. The summed E-state index contributed by atoms with van der Waals surface area (Å²) < 4.78 is 0. The normalized spacial score (nSPS) is 16.9. The lowest BCUT2D eigenvalue weighted by Gasteiger charge is -2.28. The highest BCUT2D eigenvalue weighted by Gasteiger charge is 2.37. The Morgan fingerprint density at radius 2 is 1.24 bits per heavy atom. The first kappa shape index (κ1) is 25.9. The number of benzene rings is 6. The Hall–Kier alpha value is -5.54. The first-order valence-electron chi connectivity index (χ1n) is 15.7. The largest absolute Gasteiger partial charge is 0.333 e. The lowest BCUT2D eigenvalue weighted by Crippen LogP contribution is -2.28. The molecule has 45 heavy (non-hydrogen) atoms. The number of allylic oxidation sites excluding steroid dienone is 2. The van der Waals surface area contributed by atoms with Crippen LogP contribution in [0, 0.1) is 13.8 Å². The third-order valence-electron chi connectivity index (χ3n) is 9.52. The summed E-state index contributed by atoms with van der Waals surface area (Å²) in [6, 6.07) is 40.0. The zero-order valence-electron chi connectivity index (χ0n) is 25.3. The van der Waals surface area contributed by atoms with E-state index in [9.17, 15) is 0 Å². The van der Waals surface area contributed by atoms with Gasteiger partial charge in [0, 0.05) is 33.6 Å². The van der Waals surface area contributed by atoms with Gasteiger partial charge in [-0.3, -0.25) is 4.98 Å². The number of fused-ring (bicyclic) bond motifs is 9. The Kier molecular flexibility index (Phi) is 5.76. The molecule has 0 bridgehead atoms. The van der Waals surface area contributed by atoms with Crippen LogP contribution in [0.3, 0.4) is 0 Å². The van der Waals surface area contributed by atoms with Gasteiger partial charge in [0.15, 0.2) is 0 Å². The summed E-state index contributed by atoms with van der Waals surface area (Å²) in [4.78, 5) is 12.7. The molecular formula is C42H31N3. The molecule has 214 valence electrons. The zero-order chi connectivity index (χ0) is 30.1. The van der Waals surface area contributed by atoms with Gasteiger partial charge in [-0.15, -0.1) is 0 Å². The van der Waals surface area contributed by atoms with Gasteiger partial charge in [-0.2, -0.15) is 0 Å². The second-order valence-corrected chi connectivity index (χ2v) is 12.4. The molecule has 2 aliphatic rings. The molecular weight excluding hydrogens is 546 g/mol. The zero-order valence-corrected chi connectivity index (χ0v) is 25.3. The molecule has 0 spiro atoms. The lowest BCUT2D eigenvalue weighted by molar-refractivity contribution is 0.745. The first-order valence-corrected chi connectivity index (χ1v) is 15.7. The van der Waals surface area contributed by atoms with Crippen LogP contribution in [0.4, 0.5) is 11.4 Å². The molecule has 2 atom stereocenters. The third kappa shape index (κ3) is 4.12. The molecule has 1 aromatic heterocycles. The molecule has 0 saturated carbocycles. The monoisotopic (exact) mass is 577 g/mol. The van der Waals surface area contributed by atoms with E-state index in [2.05, 4.69) is 152 Å². The molecule has 2 heterocycles. The third-order valence-corrected chi connectivity index (χ3v) is 9.52. The maximum atomic E-state index is 5.24. The fourth-order valence-corrected chi connectivity index (χ4v) is 7.33. The summed E-state index contributed by atoms with van der Waals surface area (Å²) in [5.74, 6) is 0.329. The van der Waals surface area contributed by atoms with Crippen molar-refractivity contribution >= 4 is 44.0 Å². The smallest absolute Gasteiger partial charge is 0.0979 e. The topological polar surface area (TPSA) is 29.0 Å². The predicted octanol–water partition coefficient (Wildman–Crippen LogP) is 10.6. The van der Waals surface area contributed by atoms with Crippen molar-refractivity contribution in [3.63, 3.8) is 0 Å². The van der Waals surface area contributed by atoms with E-state index in [1.807, 2.05) is 6.20 Å². The minimum absolute atomic E-state index is 0.289. The first-order chi connectivity index (χ1) is 22.1. The van der Waals surface area contributed by atoms with Crippen molar-refractivity contribution in [2.75, 3.05) is 4.90 Å². The molecule has 0 radical (unpaired) electrons. The molecule has 0 saturated heterocycles. The van der Waals surface area contributed by atoms with Gasteiger partial charge in [0.2, 0.25) is 0 Å². The van der Waals surface area contributed by atoms with Crippen molar-refractivity contribution in [3.05, 3.63) is 156 Å². The minimum atomic E-state index is 0.289. The summed E-state index contributed by atoms with van der Waals surface area (Å²) in [5.41, 5.74) is 12.6. The van der Waals surface area contributed by atoms with Crippen LogP contribution in [-0.4, -0.2) is 16.0 Å². The summed E-state index contributed by atoms with van der Waals surface area (Å²) in [6.07, 6.45) is 10.9. The molecule has 1 aliphatic heterocycles. The Morgan fingerprint density at radius 3 is 2.00 bits per heavy atom. The van der Waals surface area contributed by atoms with E-state index in [4.69, 9.17) is 9.97 Å². The van der Waals surface area contributed by atoms with E-state index >= 15 is 0 Å². The van der Waals surface area contributed by atoms with Gasteiger partial charge >= 0.3 is 0 Å². The van der Waals surface area contributed by atoms with Gasteiger partial charge in [-0.1, -0.05) is 108 Å².